The van der Waals surface area contributed by atoms with Crippen LogP contribution in [-0.4, -0.2) is 13.1 Å². The normalized spacial score (nSPS) is 12.4. The molecular formula is C11H21N. The van der Waals surface area contributed by atoms with Crippen molar-refractivity contribution in [2.45, 2.75) is 46.1 Å². The summed E-state index contributed by atoms with van der Waals surface area (Å²) < 4.78 is 0. The van der Waals surface area contributed by atoms with Crippen LogP contribution in [0.4, 0.5) is 0 Å². The predicted octanol–water partition coefficient (Wildman–Crippen LogP) is 2.42. The van der Waals surface area contributed by atoms with Crippen LogP contribution in [0.3, 0.4) is 0 Å². The lowest BCUT2D eigenvalue weighted by Gasteiger charge is -2.13. The summed E-state index contributed by atoms with van der Waals surface area (Å²) in [6.45, 7) is 6.42. The second kappa shape index (κ2) is 7.18. The van der Waals surface area contributed by atoms with Crippen molar-refractivity contribution in [3.63, 3.8) is 0 Å². The van der Waals surface area contributed by atoms with Gasteiger partial charge in [-0.05, 0) is 32.7 Å². The molecule has 1 N–H and O–H groups in total. The number of nitrogens with one attached hydrogen (secondary N) is 1. The van der Waals surface area contributed by atoms with Gasteiger partial charge in [0, 0.05) is 12.5 Å². The highest BCUT2D eigenvalue weighted by atomic mass is 14.9. The van der Waals surface area contributed by atoms with Gasteiger partial charge in [0.25, 0.3) is 0 Å². The van der Waals surface area contributed by atoms with Crippen LogP contribution in [0.5, 0.6) is 0 Å². The van der Waals surface area contributed by atoms with Crippen molar-refractivity contribution in [2.24, 2.45) is 5.92 Å². The Morgan fingerprint density at radius 3 is 2.33 bits per heavy atom. The molecule has 0 heterocycles. The fourth-order valence-electron chi connectivity index (χ4n) is 1.11. The first-order valence-corrected chi connectivity index (χ1v) is 4.77. The van der Waals surface area contributed by atoms with Gasteiger partial charge in [-0.2, -0.15) is 0 Å². The molecule has 1 atom stereocenters. The first-order valence-electron chi connectivity index (χ1n) is 4.77. The van der Waals surface area contributed by atoms with Crippen molar-refractivity contribution < 1.29 is 0 Å². The van der Waals surface area contributed by atoms with Gasteiger partial charge in [0.15, 0.2) is 0 Å². The summed E-state index contributed by atoms with van der Waals surface area (Å²) in [5, 5.41) is 3.29. The maximum atomic E-state index is 3.29. The van der Waals surface area contributed by atoms with Crippen molar-refractivity contribution in [1.82, 2.24) is 5.32 Å². The van der Waals surface area contributed by atoms with E-state index in [9.17, 15) is 0 Å². The van der Waals surface area contributed by atoms with E-state index in [1.165, 1.54) is 12.8 Å². The molecule has 12 heavy (non-hydrogen) atoms. The summed E-state index contributed by atoms with van der Waals surface area (Å²) in [5.74, 6) is 6.84. The molecule has 0 amide bonds. The summed E-state index contributed by atoms with van der Waals surface area (Å²) in [7, 11) is 2.02. The second-order valence-corrected chi connectivity index (χ2v) is 3.59. The predicted molar refractivity (Wildman–Crippen MR) is 55.0 cm³/mol. The zero-order valence-corrected chi connectivity index (χ0v) is 8.78. The maximum Gasteiger partial charge on any atom is 0.0243 e. The molecule has 1 nitrogen and oxygen atoms in total. The average Bonchev–Trinajstić information content (AvgIpc) is 2.05. The molecule has 1 unspecified atom stereocenters. The number of hydrogen-bond acceptors (Lipinski definition) is 1. The van der Waals surface area contributed by atoms with Gasteiger partial charge in [-0.25, -0.2) is 0 Å². The lowest BCUT2D eigenvalue weighted by Crippen LogP contribution is -2.24. The highest BCUT2D eigenvalue weighted by Crippen LogP contribution is 2.08. The molecule has 0 aliphatic heterocycles. The molecule has 0 saturated heterocycles. The smallest absolute Gasteiger partial charge is 0.0243 e. The Bertz CT molecular complexity index is 150. The van der Waals surface area contributed by atoms with E-state index >= 15 is 0 Å². The van der Waals surface area contributed by atoms with E-state index in [-0.39, 0.29) is 0 Å². The fourth-order valence-corrected chi connectivity index (χ4v) is 1.11. The third-order valence-electron chi connectivity index (χ3n) is 2.03. The van der Waals surface area contributed by atoms with Gasteiger partial charge in [-0.3, -0.25) is 0 Å². The molecule has 0 aromatic heterocycles. The second-order valence-electron chi connectivity index (χ2n) is 3.59. The van der Waals surface area contributed by atoms with Crippen LogP contribution in [-0.2, 0) is 0 Å². The molecule has 0 saturated carbocycles. The lowest BCUT2D eigenvalue weighted by molar-refractivity contribution is 0.458. The van der Waals surface area contributed by atoms with E-state index in [1.54, 1.807) is 0 Å². The van der Waals surface area contributed by atoms with Gasteiger partial charge in [-0.15, -0.1) is 11.8 Å². The summed E-state index contributed by atoms with van der Waals surface area (Å²) in [6.07, 6.45) is 3.51. The standard InChI is InChI=1S/C11H21N/c1-5-6-7-11(12-4)9-8-10(2)3/h10-12H,7-9H2,1-4H3. The van der Waals surface area contributed by atoms with Crippen LogP contribution in [0.1, 0.15) is 40.0 Å². The van der Waals surface area contributed by atoms with Crippen molar-refractivity contribution in [3.8, 4) is 11.8 Å². The summed E-state index contributed by atoms with van der Waals surface area (Å²) in [4.78, 5) is 0. The van der Waals surface area contributed by atoms with Gasteiger partial charge in [-0.1, -0.05) is 13.8 Å². The van der Waals surface area contributed by atoms with Gasteiger partial charge < -0.3 is 5.32 Å². The largest absolute Gasteiger partial charge is 0.316 e. The molecule has 0 aliphatic carbocycles. The molecule has 0 spiro atoms. The SMILES string of the molecule is CC#CCC(CCC(C)C)NC. The highest BCUT2D eigenvalue weighted by molar-refractivity contribution is 4.97. The van der Waals surface area contributed by atoms with Crippen molar-refractivity contribution in [1.29, 1.82) is 0 Å². The van der Waals surface area contributed by atoms with E-state index < -0.39 is 0 Å². The molecular weight excluding hydrogens is 146 g/mol. The lowest BCUT2D eigenvalue weighted by atomic mass is 10.0. The summed E-state index contributed by atoms with van der Waals surface area (Å²) >= 11 is 0. The Labute approximate surface area is 76.9 Å². The Kier molecular flexibility index (Phi) is 6.90. The van der Waals surface area contributed by atoms with Crippen LogP contribution in [0.2, 0.25) is 0 Å². The van der Waals surface area contributed by atoms with Gasteiger partial charge >= 0.3 is 0 Å². The maximum absolute atomic E-state index is 3.29. The third-order valence-corrected chi connectivity index (χ3v) is 2.03. The van der Waals surface area contributed by atoms with Crippen molar-refractivity contribution in [3.05, 3.63) is 0 Å². The Morgan fingerprint density at radius 1 is 1.25 bits per heavy atom. The average molecular weight is 167 g/mol. The van der Waals surface area contributed by atoms with Gasteiger partial charge in [0.2, 0.25) is 0 Å². The minimum Gasteiger partial charge on any atom is -0.316 e. The highest BCUT2D eigenvalue weighted by Gasteiger charge is 2.04. The molecule has 0 bridgehead atoms. The minimum absolute atomic E-state index is 0.583. The van der Waals surface area contributed by atoms with Gasteiger partial charge in [0.1, 0.15) is 0 Å². The van der Waals surface area contributed by atoms with E-state index in [0.29, 0.717) is 6.04 Å². The monoisotopic (exact) mass is 167 g/mol. The van der Waals surface area contributed by atoms with Crippen LogP contribution in [0.15, 0.2) is 0 Å². The third kappa shape index (κ3) is 6.24. The first-order chi connectivity index (χ1) is 5.70. The fraction of sp³-hybridized carbons (Fsp3) is 0.818. The van der Waals surface area contributed by atoms with E-state index in [4.69, 9.17) is 0 Å². The van der Waals surface area contributed by atoms with Crippen LogP contribution in [0.25, 0.3) is 0 Å². The van der Waals surface area contributed by atoms with E-state index in [0.717, 1.165) is 12.3 Å². The molecule has 0 aromatic carbocycles. The molecule has 0 radical (unpaired) electrons. The number of hydrogen-bond donors (Lipinski definition) is 1. The molecule has 70 valence electrons. The Morgan fingerprint density at radius 2 is 1.92 bits per heavy atom. The van der Waals surface area contributed by atoms with Crippen LogP contribution >= 0.6 is 0 Å². The topological polar surface area (TPSA) is 12.0 Å². The van der Waals surface area contributed by atoms with Crippen molar-refractivity contribution >= 4 is 0 Å². The zero-order chi connectivity index (χ0) is 9.40. The van der Waals surface area contributed by atoms with E-state index in [2.05, 4.69) is 31.0 Å². The molecule has 0 rings (SSSR count). The Hall–Kier alpha value is -0.480. The summed E-state index contributed by atoms with van der Waals surface area (Å²) in [6, 6.07) is 0.583. The molecule has 1 heteroatoms. The zero-order valence-electron chi connectivity index (χ0n) is 8.78. The van der Waals surface area contributed by atoms with Crippen LogP contribution in [0, 0.1) is 17.8 Å². The minimum atomic E-state index is 0.583. The molecule has 0 aliphatic rings. The molecule has 0 aromatic rings. The summed E-state index contributed by atoms with van der Waals surface area (Å²) in [5.41, 5.74) is 0. The quantitative estimate of drug-likeness (QED) is 0.620. The van der Waals surface area contributed by atoms with E-state index in [1.807, 2.05) is 14.0 Å². The Balaban J connectivity index is 3.57. The first kappa shape index (κ1) is 11.5. The van der Waals surface area contributed by atoms with Crippen LogP contribution < -0.4 is 5.32 Å². The van der Waals surface area contributed by atoms with Gasteiger partial charge in [0.05, 0.1) is 0 Å². The number of rotatable bonds is 5. The van der Waals surface area contributed by atoms with Crippen molar-refractivity contribution in [2.75, 3.05) is 7.05 Å². The molecule has 0 fully saturated rings.